The van der Waals surface area contributed by atoms with Crippen molar-refractivity contribution >= 4 is 10.0 Å². The van der Waals surface area contributed by atoms with Gasteiger partial charge in [0.1, 0.15) is 10.7 Å². The summed E-state index contributed by atoms with van der Waals surface area (Å²) < 4.78 is 45.8. The highest BCUT2D eigenvalue weighted by molar-refractivity contribution is 7.89. The molecule has 110 valence electrons. The molecule has 0 radical (unpaired) electrons. The van der Waals surface area contributed by atoms with E-state index in [1.165, 1.54) is 16.4 Å². The second-order valence-electron chi connectivity index (χ2n) is 5.20. The van der Waals surface area contributed by atoms with Crippen molar-refractivity contribution in [3.63, 3.8) is 0 Å². The molecule has 2 aliphatic rings. The summed E-state index contributed by atoms with van der Waals surface area (Å²) in [4.78, 5) is -0.337. The van der Waals surface area contributed by atoms with Crippen LogP contribution >= 0.6 is 0 Å². The van der Waals surface area contributed by atoms with Crippen LogP contribution in [0.15, 0.2) is 23.1 Å². The summed E-state index contributed by atoms with van der Waals surface area (Å²) in [5.41, 5.74) is 0.350. The van der Waals surface area contributed by atoms with Gasteiger partial charge in [-0.3, -0.25) is 0 Å². The highest BCUT2D eigenvalue weighted by Gasteiger charge is 2.40. The van der Waals surface area contributed by atoms with Crippen molar-refractivity contribution in [1.82, 2.24) is 4.31 Å². The zero-order valence-electron chi connectivity index (χ0n) is 10.8. The Morgan fingerprint density at radius 3 is 2.50 bits per heavy atom. The zero-order valence-corrected chi connectivity index (χ0v) is 11.6. The van der Waals surface area contributed by atoms with Gasteiger partial charge >= 0.3 is 0 Å². The first-order chi connectivity index (χ1) is 9.50. The summed E-state index contributed by atoms with van der Waals surface area (Å²) in [7, 11) is -3.85. The lowest BCUT2D eigenvalue weighted by Gasteiger charge is -2.31. The summed E-state index contributed by atoms with van der Waals surface area (Å²) in [5.74, 6) is -0.824. The fourth-order valence-corrected chi connectivity index (χ4v) is 4.31. The van der Waals surface area contributed by atoms with E-state index in [9.17, 15) is 12.8 Å². The van der Waals surface area contributed by atoms with Crippen LogP contribution in [0.4, 0.5) is 4.39 Å². The molecule has 1 aromatic rings. The van der Waals surface area contributed by atoms with E-state index in [0.29, 0.717) is 5.56 Å². The maximum absolute atomic E-state index is 13.9. The van der Waals surface area contributed by atoms with Crippen LogP contribution in [0.2, 0.25) is 0 Å². The number of rotatable bonds is 3. The lowest BCUT2D eigenvalue weighted by Crippen LogP contribution is -2.45. The number of ether oxygens (including phenoxy) is 1. The predicted octanol–water partition coefficient (Wildman–Crippen LogP) is 0.870. The zero-order chi connectivity index (χ0) is 14.3. The molecule has 0 spiro atoms. The lowest BCUT2D eigenvalue weighted by atomic mass is 10.2. The van der Waals surface area contributed by atoms with E-state index in [0.717, 1.165) is 18.9 Å². The smallest absolute Gasteiger partial charge is 0.246 e. The van der Waals surface area contributed by atoms with E-state index in [2.05, 4.69) is 0 Å². The molecule has 2 heterocycles. The van der Waals surface area contributed by atoms with Gasteiger partial charge in [-0.05, 0) is 30.5 Å². The summed E-state index contributed by atoms with van der Waals surface area (Å²) >= 11 is 0. The van der Waals surface area contributed by atoms with Crippen molar-refractivity contribution in [2.75, 3.05) is 13.1 Å². The van der Waals surface area contributed by atoms with Gasteiger partial charge in [-0.2, -0.15) is 4.31 Å². The van der Waals surface area contributed by atoms with Crippen LogP contribution in [0, 0.1) is 5.82 Å². The predicted molar refractivity (Wildman–Crippen MR) is 69.0 cm³/mol. The number of hydrogen-bond acceptors (Lipinski definition) is 4. The number of fused-ring (bicyclic) bond motifs is 2. The molecule has 0 amide bonds. The van der Waals surface area contributed by atoms with E-state index >= 15 is 0 Å². The molecule has 2 unspecified atom stereocenters. The van der Waals surface area contributed by atoms with E-state index in [4.69, 9.17) is 9.84 Å². The highest BCUT2D eigenvalue weighted by atomic mass is 32.2. The molecule has 7 heteroatoms. The van der Waals surface area contributed by atoms with Crippen LogP contribution in [0.1, 0.15) is 18.4 Å². The van der Waals surface area contributed by atoms with Gasteiger partial charge in [0.2, 0.25) is 10.0 Å². The standard InChI is InChI=1S/C13H16FNO4S/c14-12-5-9(8-16)1-4-13(12)20(17,18)15-6-10-2-3-11(7-15)19-10/h1,4-5,10-11,16H,2-3,6-8H2. The maximum atomic E-state index is 13.9. The first-order valence-corrected chi connectivity index (χ1v) is 7.99. The van der Waals surface area contributed by atoms with Crippen molar-refractivity contribution in [2.24, 2.45) is 0 Å². The molecular formula is C13H16FNO4S. The van der Waals surface area contributed by atoms with E-state index in [1.54, 1.807) is 0 Å². The molecule has 3 rings (SSSR count). The van der Waals surface area contributed by atoms with Gasteiger partial charge in [-0.15, -0.1) is 0 Å². The number of aliphatic hydroxyl groups is 1. The lowest BCUT2D eigenvalue weighted by molar-refractivity contribution is -0.0115. The average Bonchev–Trinajstić information content (AvgIpc) is 2.76. The molecule has 1 aromatic carbocycles. The monoisotopic (exact) mass is 301 g/mol. The molecule has 2 fully saturated rings. The van der Waals surface area contributed by atoms with Crippen LogP contribution in [0.5, 0.6) is 0 Å². The Labute approximate surface area is 117 Å². The van der Waals surface area contributed by atoms with Crippen molar-refractivity contribution in [3.05, 3.63) is 29.6 Å². The number of hydrogen-bond donors (Lipinski definition) is 1. The highest BCUT2D eigenvalue weighted by Crippen LogP contribution is 2.30. The third-order valence-electron chi connectivity index (χ3n) is 3.81. The number of halogens is 1. The number of morpholine rings is 1. The number of sulfonamides is 1. The number of aliphatic hydroxyl groups excluding tert-OH is 1. The second kappa shape index (κ2) is 5.07. The summed E-state index contributed by atoms with van der Waals surface area (Å²) in [6.45, 7) is 0.235. The average molecular weight is 301 g/mol. The third-order valence-corrected chi connectivity index (χ3v) is 5.67. The minimum absolute atomic E-state index is 0.0803. The van der Waals surface area contributed by atoms with Gasteiger partial charge in [-0.1, -0.05) is 6.07 Å². The molecule has 2 atom stereocenters. The first-order valence-electron chi connectivity index (χ1n) is 6.55. The van der Waals surface area contributed by atoms with Gasteiger partial charge in [0.15, 0.2) is 0 Å². The number of benzene rings is 1. The molecule has 20 heavy (non-hydrogen) atoms. The first kappa shape index (κ1) is 13.9. The molecule has 5 nitrogen and oxygen atoms in total. The van der Waals surface area contributed by atoms with Gasteiger partial charge in [0.05, 0.1) is 18.8 Å². The van der Waals surface area contributed by atoms with Crippen LogP contribution in [-0.2, 0) is 21.4 Å². The molecular weight excluding hydrogens is 285 g/mol. The Bertz CT molecular complexity index is 607. The van der Waals surface area contributed by atoms with E-state index in [-0.39, 0.29) is 36.8 Å². The van der Waals surface area contributed by atoms with Gasteiger partial charge in [-0.25, -0.2) is 12.8 Å². The van der Waals surface area contributed by atoms with Crippen molar-refractivity contribution in [3.8, 4) is 0 Å². The van der Waals surface area contributed by atoms with Gasteiger partial charge in [0.25, 0.3) is 0 Å². The van der Waals surface area contributed by atoms with Gasteiger partial charge < -0.3 is 9.84 Å². The van der Waals surface area contributed by atoms with Crippen LogP contribution < -0.4 is 0 Å². The third kappa shape index (κ3) is 2.35. The molecule has 0 saturated carbocycles. The van der Waals surface area contributed by atoms with Crippen molar-refractivity contribution in [1.29, 1.82) is 0 Å². The topological polar surface area (TPSA) is 66.8 Å². The van der Waals surface area contributed by atoms with E-state index < -0.39 is 15.8 Å². The van der Waals surface area contributed by atoms with Crippen LogP contribution in [-0.4, -0.2) is 43.1 Å². The largest absolute Gasteiger partial charge is 0.392 e. The molecule has 0 aromatic heterocycles. The van der Waals surface area contributed by atoms with Crippen LogP contribution in [0.3, 0.4) is 0 Å². The fraction of sp³-hybridized carbons (Fsp3) is 0.538. The van der Waals surface area contributed by atoms with Gasteiger partial charge in [0, 0.05) is 13.1 Å². The summed E-state index contributed by atoms with van der Waals surface area (Å²) in [5, 5.41) is 8.94. The molecule has 2 aliphatic heterocycles. The second-order valence-corrected chi connectivity index (χ2v) is 7.11. The van der Waals surface area contributed by atoms with Crippen LogP contribution in [0.25, 0.3) is 0 Å². The molecule has 2 saturated heterocycles. The Balaban J connectivity index is 1.92. The van der Waals surface area contributed by atoms with Crippen molar-refractivity contribution < 1.29 is 22.7 Å². The maximum Gasteiger partial charge on any atom is 0.246 e. The summed E-state index contributed by atoms with van der Waals surface area (Å²) in [6, 6.07) is 3.69. The Hall–Kier alpha value is -1.02. The minimum Gasteiger partial charge on any atom is -0.392 e. The normalized spacial score (nSPS) is 26.9. The fourth-order valence-electron chi connectivity index (χ4n) is 2.76. The SMILES string of the molecule is O=S(=O)(c1ccc(CO)cc1F)N1CC2CCC(C1)O2. The Morgan fingerprint density at radius 2 is 1.95 bits per heavy atom. The Kier molecular flexibility index (Phi) is 3.53. The molecule has 0 aliphatic carbocycles. The van der Waals surface area contributed by atoms with E-state index in [1.807, 2.05) is 0 Å². The molecule has 2 bridgehead atoms. The van der Waals surface area contributed by atoms with Crippen molar-refractivity contribution in [2.45, 2.75) is 36.6 Å². The number of nitrogens with zero attached hydrogens (tertiary/aromatic N) is 1. The summed E-state index contributed by atoms with van der Waals surface area (Å²) in [6.07, 6.45) is 1.54. The molecule has 1 N–H and O–H groups in total. The Morgan fingerprint density at radius 1 is 1.30 bits per heavy atom. The quantitative estimate of drug-likeness (QED) is 0.899. The minimum atomic E-state index is -3.85.